The molecule has 28 heteroatoms. The molecule has 3 amide bonds. The second-order valence-electron chi connectivity index (χ2n) is 19.5. The number of carbonyl (C=O) groups is 6. The normalized spacial score (nSPS) is 14.4. The van der Waals surface area contributed by atoms with Crippen LogP contribution in [-0.2, 0) is 34.9 Å². The van der Waals surface area contributed by atoms with Gasteiger partial charge >= 0.3 is 36.4 Å². The Hall–Kier alpha value is -8.24. The maximum absolute atomic E-state index is 13.3. The number of aromatic nitrogens is 4. The molecule has 2 aliphatic heterocycles. The van der Waals surface area contributed by atoms with Gasteiger partial charge in [0.2, 0.25) is 11.8 Å². The lowest BCUT2D eigenvalue weighted by Gasteiger charge is -2.34. The van der Waals surface area contributed by atoms with Gasteiger partial charge in [0.1, 0.15) is 17.0 Å². The van der Waals surface area contributed by atoms with Crippen molar-refractivity contribution in [3.8, 4) is 5.75 Å². The van der Waals surface area contributed by atoms with E-state index in [1.807, 2.05) is 4.90 Å². The minimum atomic E-state index is -4.70. The first-order chi connectivity index (χ1) is 36.3. The second-order valence-corrected chi connectivity index (χ2v) is 19.5. The standard InChI is InChI=1S/C22H26F3N5O4.C15H15N3O6.C13H16F3N3O/c1-21(2,3)34-19(32)17-6-7-30(27-17)20(33)29-10-8-28(9-11-29)13-14-4-5-15(18(26)31)16(12-14)22(23,24)25;1-15(2,3)24-13(19)12-8-9-17(16-12)14(20)23-11-6-4-10(5-7-11)18(21)22;14-13(15,16)11-7-9(1-2-10(11)12(17)20)8-19-5-3-18-4-6-19/h4-7,12H,8-11,13H2,1-3H3,(H2,26,31);4-9H,1-3H3;1-2,7,18H,3-6,8H2,(H2,17,20). The van der Waals surface area contributed by atoms with Crippen LogP contribution in [0.1, 0.15) is 105 Å². The van der Waals surface area contributed by atoms with E-state index in [1.165, 1.54) is 60.9 Å². The minimum absolute atomic E-state index is 0.0155. The smallest absolute Gasteiger partial charge is 0.440 e. The SMILES string of the molecule is CC(C)(C)OC(=O)c1ccn(C(=O)N2CCN(Cc3ccc(C(N)=O)c(C(F)(F)F)c3)CC2)n1.CC(C)(C)OC(=O)c1ccn(C(=O)Oc2ccc([N+](=O)[O-])cc2)n1.NC(=O)c1ccc(CN2CCNCC2)cc1C(F)(F)F. The van der Waals surface area contributed by atoms with Crippen LogP contribution in [0, 0.1) is 10.1 Å². The maximum atomic E-state index is 13.3. The number of primary amides is 2. The fraction of sp³-hybridized carbons (Fsp3) is 0.400. The summed E-state index contributed by atoms with van der Waals surface area (Å²) in [4.78, 5) is 86.5. The van der Waals surface area contributed by atoms with E-state index in [0.717, 1.165) is 59.8 Å². The first-order valence-electron chi connectivity index (χ1n) is 23.8. The zero-order valence-corrected chi connectivity index (χ0v) is 43.1. The lowest BCUT2D eigenvalue weighted by atomic mass is 10.0. The molecule has 5 aromatic rings. The molecule has 0 unspecified atom stereocenters. The summed E-state index contributed by atoms with van der Waals surface area (Å²) in [5.41, 5.74) is 6.36. The number of nitrogens with one attached hydrogen (secondary N) is 1. The molecule has 2 aliphatic rings. The van der Waals surface area contributed by atoms with Gasteiger partial charge in [-0.05, 0) is 101 Å². The third-order valence-corrected chi connectivity index (χ3v) is 11.0. The molecule has 3 aromatic carbocycles. The number of piperazine rings is 2. The van der Waals surface area contributed by atoms with Crippen molar-refractivity contribution < 1.29 is 74.2 Å². The molecule has 22 nitrogen and oxygen atoms in total. The summed E-state index contributed by atoms with van der Waals surface area (Å²) in [5.74, 6) is -3.39. The number of amides is 3. The van der Waals surface area contributed by atoms with Crippen molar-refractivity contribution in [3.63, 3.8) is 0 Å². The molecule has 0 atom stereocenters. The number of hydrogen-bond donors (Lipinski definition) is 3. The third kappa shape index (κ3) is 17.9. The van der Waals surface area contributed by atoms with E-state index in [9.17, 15) is 65.2 Å². The molecule has 2 aromatic heterocycles. The maximum Gasteiger partial charge on any atom is 0.440 e. The van der Waals surface area contributed by atoms with Gasteiger partial charge in [0.25, 0.3) is 5.69 Å². The summed E-state index contributed by atoms with van der Waals surface area (Å²) in [6.45, 7) is 15.7. The summed E-state index contributed by atoms with van der Waals surface area (Å²) >= 11 is 0. The van der Waals surface area contributed by atoms with E-state index in [4.69, 9.17) is 25.7 Å². The summed E-state index contributed by atoms with van der Waals surface area (Å²) in [5, 5.41) is 21.5. The number of nitrogens with zero attached hydrogens (tertiary/aromatic N) is 8. The number of halogens is 6. The molecule has 7 rings (SSSR count). The lowest BCUT2D eigenvalue weighted by Crippen LogP contribution is -2.49. The van der Waals surface area contributed by atoms with E-state index in [1.54, 1.807) is 46.4 Å². The second kappa shape index (κ2) is 25.3. The van der Waals surface area contributed by atoms with Crippen molar-refractivity contribution in [3.05, 3.63) is 140 Å². The average Bonchev–Trinajstić information content (AvgIpc) is 4.08. The zero-order chi connectivity index (χ0) is 57.9. The van der Waals surface area contributed by atoms with Crippen molar-refractivity contribution in [1.29, 1.82) is 0 Å². The quantitative estimate of drug-likeness (QED) is 0.0564. The number of hydrogen-bond acceptors (Lipinski definition) is 16. The van der Waals surface area contributed by atoms with Gasteiger partial charge < -0.3 is 35.9 Å². The predicted molar refractivity (Wildman–Crippen MR) is 265 cm³/mol. The number of rotatable bonds is 10. The molecule has 0 aliphatic carbocycles. The van der Waals surface area contributed by atoms with Crippen LogP contribution in [0.5, 0.6) is 5.75 Å². The fourth-order valence-electron chi connectivity index (χ4n) is 7.42. The molecule has 4 heterocycles. The molecule has 2 fully saturated rings. The van der Waals surface area contributed by atoms with Crippen LogP contribution >= 0.6 is 0 Å². The van der Waals surface area contributed by atoms with Crippen LogP contribution in [-0.4, -0.2) is 139 Å². The summed E-state index contributed by atoms with van der Waals surface area (Å²) in [6, 6.07) is 14.4. The molecule has 78 heavy (non-hydrogen) atoms. The summed E-state index contributed by atoms with van der Waals surface area (Å²) in [6.07, 6.45) is -7.50. The topological polar surface area (TPSA) is 283 Å². The van der Waals surface area contributed by atoms with Crippen molar-refractivity contribution in [1.82, 2.24) is 39.6 Å². The molecule has 0 saturated carbocycles. The summed E-state index contributed by atoms with van der Waals surface area (Å²) < 4.78 is 96.0. The number of nitro benzene ring substituents is 1. The van der Waals surface area contributed by atoms with Gasteiger partial charge in [-0.3, -0.25) is 29.5 Å². The number of non-ortho nitro benzene ring substituents is 1. The van der Waals surface area contributed by atoms with Crippen molar-refractivity contribution in [2.24, 2.45) is 11.5 Å². The van der Waals surface area contributed by atoms with Crippen LogP contribution in [0.25, 0.3) is 0 Å². The number of alkyl halides is 6. The molecular weight excluding hydrogens is 1040 g/mol. The molecule has 2 saturated heterocycles. The molecule has 5 N–H and O–H groups in total. The number of carbonyl (C=O) groups excluding carboxylic acids is 6. The van der Waals surface area contributed by atoms with E-state index < -0.39 is 86.6 Å². The van der Waals surface area contributed by atoms with Crippen LogP contribution in [0.4, 0.5) is 41.6 Å². The van der Waals surface area contributed by atoms with E-state index >= 15 is 0 Å². The third-order valence-electron chi connectivity index (χ3n) is 11.0. The predicted octanol–water partition coefficient (Wildman–Crippen LogP) is 6.75. The van der Waals surface area contributed by atoms with Gasteiger partial charge in [0, 0.05) is 90.0 Å². The first-order valence-corrected chi connectivity index (χ1v) is 23.8. The highest BCUT2D eigenvalue weighted by Crippen LogP contribution is 2.34. The van der Waals surface area contributed by atoms with E-state index in [2.05, 4.69) is 20.4 Å². The van der Waals surface area contributed by atoms with Crippen LogP contribution < -0.4 is 21.5 Å². The Balaban J connectivity index is 0.000000225. The van der Waals surface area contributed by atoms with E-state index in [0.29, 0.717) is 43.9 Å². The Morgan fingerprint density at radius 1 is 0.615 bits per heavy atom. The Bertz CT molecular complexity index is 2970. The highest BCUT2D eigenvalue weighted by atomic mass is 19.4. The summed E-state index contributed by atoms with van der Waals surface area (Å²) in [7, 11) is 0. The Morgan fingerprint density at radius 3 is 1.45 bits per heavy atom. The van der Waals surface area contributed by atoms with Crippen molar-refractivity contribution in [2.45, 2.75) is 78.2 Å². The Labute approximate surface area is 442 Å². The Morgan fingerprint density at radius 2 is 1.04 bits per heavy atom. The van der Waals surface area contributed by atoms with Gasteiger partial charge in [0.05, 0.1) is 27.2 Å². The number of benzene rings is 3. The monoisotopic (exact) mass is 1100 g/mol. The average molecular weight is 1100 g/mol. The van der Waals surface area contributed by atoms with Gasteiger partial charge in [-0.15, -0.1) is 0 Å². The number of esters is 2. The number of ether oxygens (including phenoxy) is 3. The highest BCUT2D eigenvalue weighted by Gasteiger charge is 2.37. The largest absolute Gasteiger partial charge is 0.455 e. The number of nitro groups is 1. The lowest BCUT2D eigenvalue weighted by molar-refractivity contribution is -0.384. The van der Waals surface area contributed by atoms with Gasteiger partial charge in [-0.25, -0.2) is 19.2 Å². The van der Waals surface area contributed by atoms with Crippen LogP contribution in [0.2, 0.25) is 0 Å². The van der Waals surface area contributed by atoms with Crippen molar-refractivity contribution >= 4 is 41.6 Å². The molecule has 0 spiro atoms. The Kier molecular flexibility index (Phi) is 19.6. The first kappa shape index (κ1) is 60.6. The van der Waals surface area contributed by atoms with Gasteiger partial charge in [-0.2, -0.15) is 45.9 Å². The van der Waals surface area contributed by atoms with E-state index in [-0.39, 0.29) is 29.4 Å². The molecule has 0 bridgehead atoms. The number of nitrogens with two attached hydrogens (primary N) is 2. The van der Waals surface area contributed by atoms with Crippen LogP contribution in [0.3, 0.4) is 0 Å². The molecular formula is C50H57F6N11O11. The van der Waals surface area contributed by atoms with Gasteiger partial charge in [0.15, 0.2) is 11.4 Å². The van der Waals surface area contributed by atoms with Crippen molar-refractivity contribution in [2.75, 3.05) is 52.4 Å². The molecule has 420 valence electrons. The van der Waals surface area contributed by atoms with Crippen LogP contribution in [0.15, 0.2) is 85.2 Å². The van der Waals surface area contributed by atoms with Gasteiger partial charge in [-0.1, -0.05) is 12.1 Å². The minimum Gasteiger partial charge on any atom is -0.455 e. The zero-order valence-electron chi connectivity index (χ0n) is 43.1. The highest BCUT2D eigenvalue weighted by molar-refractivity contribution is 5.95. The molecule has 0 radical (unpaired) electrons. The fourth-order valence-corrected chi connectivity index (χ4v) is 7.42.